The highest BCUT2D eigenvalue weighted by atomic mass is 19.1. The molecule has 2 unspecified atom stereocenters. The van der Waals surface area contributed by atoms with E-state index in [-0.39, 0.29) is 6.04 Å². The first kappa shape index (κ1) is 11.4. The lowest BCUT2D eigenvalue weighted by atomic mass is 10.0. The van der Waals surface area contributed by atoms with Gasteiger partial charge in [-0.3, -0.25) is 0 Å². The molecule has 0 saturated carbocycles. The minimum absolute atomic E-state index is 0.0184. The number of halogens is 1. The van der Waals surface area contributed by atoms with Crippen LogP contribution in [0.5, 0.6) is 5.75 Å². The molecule has 2 rings (SSSR count). The Bertz CT molecular complexity index is 336. The Morgan fingerprint density at radius 3 is 3.00 bits per heavy atom. The van der Waals surface area contributed by atoms with Crippen LogP contribution in [0.1, 0.15) is 18.4 Å². The van der Waals surface area contributed by atoms with Crippen LogP contribution in [0, 0.1) is 0 Å². The van der Waals surface area contributed by atoms with Gasteiger partial charge in [0.25, 0.3) is 0 Å². The molecule has 0 amide bonds. The van der Waals surface area contributed by atoms with Gasteiger partial charge < -0.3 is 10.1 Å². The van der Waals surface area contributed by atoms with Crippen LogP contribution in [-0.4, -0.2) is 25.9 Å². The number of hydrogen-bond acceptors (Lipinski definition) is 2. The summed E-state index contributed by atoms with van der Waals surface area (Å²) in [7, 11) is 1.62. The molecule has 2 nitrogen and oxygen atoms in total. The topological polar surface area (TPSA) is 21.3 Å². The third-order valence-electron chi connectivity index (χ3n) is 3.14. The Hall–Kier alpha value is -1.09. The lowest BCUT2D eigenvalue weighted by Gasteiger charge is -2.17. The van der Waals surface area contributed by atoms with Crippen LogP contribution in [-0.2, 0) is 6.42 Å². The van der Waals surface area contributed by atoms with Gasteiger partial charge in [0, 0.05) is 12.5 Å². The Balaban J connectivity index is 2.01. The van der Waals surface area contributed by atoms with E-state index in [0.717, 1.165) is 30.7 Å². The average molecular weight is 223 g/mol. The van der Waals surface area contributed by atoms with Crippen molar-refractivity contribution in [2.75, 3.05) is 13.7 Å². The van der Waals surface area contributed by atoms with Crippen molar-refractivity contribution >= 4 is 0 Å². The van der Waals surface area contributed by atoms with Crippen LogP contribution < -0.4 is 10.1 Å². The van der Waals surface area contributed by atoms with Gasteiger partial charge in [-0.25, -0.2) is 4.39 Å². The molecule has 1 fully saturated rings. The molecular weight excluding hydrogens is 205 g/mol. The van der Waals surface area contributed by atoms with Crippen molar-refractivity contribution in [3.63, 3.8) is 0 Å². The van der Waals surface area contributed by atoms with Crippen LogP contribution in [0.25, 0.3) is 0 Å². The molecular formula is C13H18FNO. The summed E-state index contributed by atoms with van der Waals surface area (Å²) in [5, 5.41) is 3.20. The first-order valence-electron chi connectivity index (χ1n) is 5.80. The lowest BCUT2D eigenvalue weighted by Crippen LogP contribution is -2.33. The Labute approximate surface area is 95.8 Å². The first-order chi connectivity index (χ1) is 7.81. The predicted molar refractivity (Wildman–Crippen MR) is 62.6 cm³/mol. The first-order valence-corrected chi connectivity index (χ1v) is 5.80. The van der Waals surface area contributed by atoms with Gasteiger partial charge in [0.15, 0.2) is 0 Å². The number of alkyl halides is 1. The number of methoxy groups -OCH3 is 1. The summed E-state index contributed by atoms with van der Waals surface area (Å²) in [5.41, 5.74) is 0.950. The van der Waals surface area contributed by atoms with Crippen molar-refractivity contribution in [2.45, 2.75) is 31.5 Å². The minimum Gasteiger partial charge on any atom is -0.496 e. The fraction of sp³-hybridized carbons (Fsp3) is 0.538. The molecule has 1 N–H and O–H groups in total. The van der Waals surface area contributed by atoms with Crippen LogP contribution in [0.15, 0.2) is 24.3 Å². The van der Waals surface area contributed by atoms with Gasteiger partial charge >= 0.3 is 0 Å². The molecule has 16 heavy (non-hydrogen) atoms. The van der Waals surface area contributed by atoms with E-state index >= 15 is 0 Å². The molecule has 1 aliphatic rings. The molecule has 1 aromatic rings. The summed E-state index contributed by atoms with van der Waals surface area (Å²) in [6.45, 7) is 0.941. The molecule has 0 aromatic heterocycles. The number of benzene rings is 1. The molecule has 0 spiro atoms. The van der Waals surface area contributed by atoms with Gasteiger partial charge in [-0.05, 0) is 31.0 Å². The van der Waals surface area contributed by atoms with E-state index in [4.69, 9.17) is 4.74 Å². The van der Waals surface area contributed by atoms with Gasteiger partial charge in [0.2, 0.25) is 0 Å². The maximum absolute atomic E-state index is 14.0. The van der Waals surface area contributed by atoms with Crippen LogP contribution in [0.2, 0.25) is 0 Å². The molecule has 1 saturated heterocycles. The number of hydrogen-bond donors (Lipinski definition) is 1. The van der Waals surface area contributed by atoms with Crippen molar-refractivity contribution in [3.8, 4) is 5.75 Å². The normalized spacial score (nSPS) is 22.0. The number of rotatable bonds is 4. The minimum atomic E-state index is -0.821. The van der Waals surface area contributed by atoms with Crippen molar-refractivity contribution < 1.29 is 9.13 Å². The molecule has 0 radical (unpaired) electrons. The number of para-hydroxylation sites is 1. The predicted octanol–water partition coefficient (Wildman–Crippen LogP) is 2.33. The SMILES string of the molecule is COc1ccccc1CC(F)C1CCCN1. The summed E-state index contributed by atoms with van der Waals surface area (Å²) < 4.78 is 19.2. The quantitative estimate of drug-likeness (QED) is 0.846. The van der Waals surface area contributed by atoms with Gasteiger partial charge in [0.05, 0.1) is 7.11 Å². The van der Waals surface area contributed by atoms with Crippen molar-refractivity contribution in [1.82, 2.24) is 5.32 Å². The van der Waals surface area contributed by atoms with E-state index in [1.165, 1.54) is 0 Å². The zero-order valence-electron chi connectivity index (χ0n) is 9.58. The van der Waals surface area contributed by atoms with Crippen LogP contribution in [0.4, 0.5) is 4.39 Å². The molecule has 3 heteroatoms. The Kier molecular flexibility index (Phi) is 3.78. The van der Waals surface area contributed by atoms with Crippen molar-refractivity contribution in [3.05, 3.63) is 29.8 Å². The smallest absolute Gasteiger partial charge is 0.122 e. The van der Waals surface area contributed by atoms with Crippen LogP contribution >= 0.6 is 0 Å². The number of ether oxygens (including phenoxy) is 1. The molecule has 2 atom stereocenters. The fourth-order valence-corrected chi connectivity index (χ4v) is 2.24. The van der Waals surface area contributed by atoms with E-state index in [0.29, 0.717) is 6.42 Å². The van der Waals surface area contributed by atoms with E-state index in [2.05, 4.69) is 5.32 Å². The summed E-state index contributed by atoms with van der Waals surface area (Å²) in [4.78, 5) is 0. The summed E-state index contributed by atoms with van der Waals surface area (Å²) in [5.74, 6) is 0.781. The van der Waals surface area contributed by atoms with Crippen molar-refractivity contribution in [1.29, 1.82) is 0 Å². The fourth-order valence-electron chi connectivity index (χ4n) is 2.24. The highest BCUT2D eigenvalue weighted by molar-refractivity contribution is 5.33. The molecule has 1 aliphatic heterocycles. The monoisotopic (exact) mass is 223 g/mol. The van der Waals surface area contributed by atoms with E-state index in [9.17, 15) is 4.39 Å². The van der Waals surface area contributed by atoms with Gasteiger partial charge in [-0.15, -0.1) is 0 Å². The second-order valence-corrected chi connectivity index (χ2v) is 4.23. The molecule has 1 aromatic carbocycles. The second kappa shape index (κ2) is 5.30. The largest absolute Gasteiger partial charge is 0.496 e. The Morgan fingerprint density at radius 2 is 2.31 bits per heavy atom. The van der Waals surface area contributed by atoms with Crippen LogP contribution in [0.3, 0.4) is 0 Å². The second-order valence-electron chi connectivity index (χ2n) is 4.23. The van der Waals surface area contributed by atoms with Gasteiger partial charge in [0.1, 0.15) is 11.9 Å². The summed E-state index contributed by atoms with van der Waals surface area (Å²) >= 11 is 0. The van der Waals surface area contributed by atoms with Gasteiger partial charge in [-0.1, -0.05) is 18.2 Å². The highest BCUT2D eigenvalue weighted by Crippen LogP contribution is 2.23. The number of nitrogens with one attached hydrogen (secondary N) is 1. The lowest BCUT2D eigenvalue weighted by molar-refractivity contribution is 0.261. The zero-order chi connectivity index (χ0) is 11.4. The molecule has 1 heterocycles. The summed E-state index contributed by atoms with van der Waals surface area (Å²) in [6, 6.07) is 7.66. The zero-order valence-corrected chi connectivity index (χ0v) is 9.58. The standard InChI is InChI=1S/C13H18FNO/c1-16-13-7-3-2-5-10(13)9-11(14)12-6-4-8-15-12/h2-3,5,7,11-12,15H,4,6,8-9H2,1H3. The molecule has 0 bridgehead atoms. The third kappa shape index (κ3) is 2.53. The maximum Gasteiger partial charge on any atom is 0.122 e. The maximum atomic E-state index is 14.0. The summed E-state index contributed by atoms with van der Waals surface area (Å²) in [6.07, 6.45) is 1.63. The average Bonchev–Trinajstić information content (AvgIpc) is 2.83. The van der Waals surface area contributed by atoms with E-state index < -0.39 is 6.17 Å². The third-order valence-corrected chi connectivity index (χ3v) is 3.14. The Morgan fingerprint density at radius 1 is 1.50 bits per heavy atom. The van der Waals surface area contributed by atoms with E-state index in [1.54, 1.807) is 7.11 Å². The molecule has 88 valence electrons. The van der Waals surface area contributed by atoms with Gasteiger partial charge in [-0.2, -0.15) is 0 Å². The van der Waals surface area contributed by atoms with Crippen molar-refractivity contribution in [2.24, 2.45) is 0 Å². The van der Waals surface area contributed by atoms with E-state index in [1.807, 2.05) is 24.3 Å². The highest BCUT2D eigenvalue weighted by Gasteiger charge is 2.24. The molecule has 0 aliphatic carbocycles.